The Hall–Kier alpha value is -2.44. The van der Waals surface area contributed by atoms with Crippen molar-refractivity contribution in [3.63, 3.8) is 0 Å². The standard InChI is InChI=1S/C12H11F2N3O2/c1-6-7(5-16-17-6)4-15-11-2-8(12(18)19)9(13)3-10(11)14/h2-3,5,15H,4H2,1H3,(H,16,17)(H,18,19). The Kier molecular flexibility index (Phi) is 3.46. The van der Waals surface area contributed by atoms with E-state index in [-0.39, 0.29) is 12.2 Å². The summed E-state index contributed by atoms with van der Waals surface area (Å²) < 4.78 is 26.7. The maximum absolute atomic E-state index is 13.5. The lowest BCUT2D eigenvalue weighted by molar-refractivity contribution is 0.0692. The Labute approximate surface area is 107 Å². The zero-order valence-corrected chi connectivity index (χ0v) is 10.00. The van der Waals surface area contributed by atoms with E-state index in [4.69, 9.17) is 5.11 Å². The maximum atomic E-state index is 13.5. The van der Waals surface area contributed by atoms with Crippen molar-refractivity contribution < 1.29 is 18.7 Å². The summed E-state index contributed by atoms with van der Waals surface area (Å²) >= 11 is 0. The zero-order chi connectivity index (χ0) is 14.0. The number of carboxylic acid groups (broad SMARTS) is 1. The molecule has 0 fully saturated rings. The van der Waals surface area contributed by atoms with Crippen molar-refractivity contribution in [3.05, 3.63) is 46.8 Å². The van der Waals surface area contributed by atoms with Gasteiger partial charge < -0.3 is 10.4 Å². The highest BCUT2D eigenvalue weighted by molar-refractivity contribution is 5.89. The molecule has 0 spiro atoms. The highest BCUT2D eigenvalue weighted by Crippen LogP contribution is 2.20. The quantitative estimate of drug-likeness (QED) is 0.794. The van der Waals surface area contributed by atoms with E-state index >= 15 is 0 Å². The molecule has 100 valence electrons. The van der Waals surface area contributed by atoms with Crippen LogP contribution >= 0.6 is 0 Å². The molecule has 2 aromatic rings. The Morgan fingerprint density at radius 2 is 2.16 bits per heavy atom. The summed E-state index contributed by atoms with van der Waals surface area (Å²) in [6.07, 6.45) is 1.57. The first-order valence-electron chi connectivity index (χ1n) is 5.44. The molecule has 0 saturated heterocycles. The number of aryl methyl sites for hydroxylation is 1. The van der Waals surface area contributed by atoms with Crippen molar-refractivity contribution >= 4 is 11.7 Å². The second-order valence-corrected chi connectivity index (χ2v) is 3.99. The van der Waals surface area contributed by atoms with E-state index in [1.807, 2.05) is 0 Å². The molecule has 7 heteroatoms. The minimum atomic E-state index is -1.44. The van der Waals surface area contributed by atoms with Gasteiger partial charge in [-0.2, -0.15) is 5.10 Å². The molecule has 2 rings (SSSR count). The van der Waals surface area contributed by atoms with Gasteiger partial charge in [-0.3, -0.25) is 5.10 Å². The minimum Gasteiger partial charge on any atom is -0.478 e. The summed E-state index contributed by atoms with van der Waals surface area (Å²) in [6, 6.07) is 1.48. The molecule has 0 bridgehead atoms. The van der Waals surface area contributed by atoms with E-state index in [0.29, 0.717) is 6.07 Å². The van der Waals surface area contributed by atoms with Crippen LogP contribution in [0.2, 0.25) is 0 Å². The van der Waals surface area contributed by atoms with Crippen molar-refractivity contribution in [2.45, 2.75) is 13.5 Å². The van der Waals surface area contributed by atoms with E-state index in [2.05, 4.69) is 15.5 Å². The van der Waals surface area contributed by atoms with Gasteiger partial charge >= 0.3 is 5.97 Å². The molecule has 5 nitrogen and oxygen atoms in total. The number of carboxylic acids is 1. The lowest BCUT2D eigenvalue weighted by Gasteiger charge is -2.08. The first-order chi connectivity index (χ1) is 8.99. The van der Waals surface area contributed by atoms with E-state index in [1.165, 1.54) is 0 Å². The number of hydrogen-bond donors (Lipinski definition) is 3. The molecule has 0 radical (unpaired) electrons. The van der Waals surface area contributed by atoms with E-state index < -0.39 is 23.2 Å². The van der Waals surface area contributed by atoms with Gasteiger partial charge in [0.25, 0.3) is 0 Å². The molecular weight excluding hydrogens is 256 g/mol. The third-order valence-electron chi connectivity index (χ3n) is 2.69. The van der Waals surface area contributed by atoms with Crippen molar-refractivity contribution in [2.24, 2.45) is 0 Å². The highest BCUT2D eigenvalue weighted by atomic mass is 19.1. The van der Waals surface area contributed by atoms with Gasteiger partial charge in [0, 0.05) is 23.9 Å². The molecule has 19 heavy (non-hydrogen) atoms. The molecule has 1 aromatic heterocycles. The Morgan fingerprint density at radius 3 is 2.74 bits per heavy atom. The Balaban J connectivity index is 2.23. The summed E-state index contributed by atoms with van der Waals surface area (Å²) in [7, 11) is 0. The average molecular weight is 267 g/mol. The fourth-order valence-corrected chi connectivity index (χ4v) is 1.59. The van der Waals surface area contributed by atoms with Crippen molar-refractivity contribution in [2.75, 3.05) is 5.32 Å². The third-order valence-corrected chi connectivity index (χ3v) is 2.69. The van der Waals surface area contributed by atoms with E-state index in [0.717, 1.165) is 17.3 Å². The van der Waals surface area contributed by atoms with Crippen LogP contribution in [0.3, 0.4) is 0 Å². The number of halogens is 2. The number of rotatable bonds is 4. The van der Waals surface area contributed by atoms with Gasteiger partial charge in [0.1, 0.15) is 11.6 Å². The third kappa shape index (κ3) is 2.70. The number of aromatic nitrogens is 2. The van der Waals surface area contributed by atoms with Gasteiger partial charge in [-0.15, -0.1) is 0 Å². The molecule has 0 aliphatic carbocycles. The fraction of sp³-hybridized carbons (Fsp3) is 0.167. The van der Waals surface area contributed by atoms with Crippen molar-refractivity contribution in [3.8, 4) is 0 Å². The number of nitrogens with zero attached hydrogens (tertiary/aromatic N) is 1. The van der Waals surface area contributed by atoms with Gasteiger partial charge in [-0.05, 0) is 13.0 Å². The molecule has 0 aliphatic rings. The predicted octanol–water partition coefficient (Wildman–Crippen LogP) is 2.31. The number of H-pyrrole nitrogens is 1. The molecule has 0 atom stereocenters. The molecule has 0 aliphatic heterocycles. The largest absolute Gasteiger partial charge is 0.478 e. The highest BCUT2D eigenvalue weighted by Gasteiger charge is 2.15. The Bertz CT molecular complexity index is 625. The van der Waals surface area contributed by atoms with E-state index in [9.17, 15) is 13.6 Å². The van der Waals surface area contributed by atoms with E-state index in [1.54, 1.807) is 13.1 Å². The first kappa shape index (κ1) is 13.0. The number of nitrogens with one attached hydrogen (secondary N) is 2. The normalized spacial score (nSPS) is 10.5. The minimum absolute atomic E-state index is 0.0700. The predicted molar refractivity (Wildman–Crippen MR) is 64.0 cm³/mol. The van der Waals surface area contributed by atoms with Crippen molar-refractivity contribution in [1.82, 2.24) is 10.2 Å². The lowest BCUT2D eigenvalue weighted by Crippen LogP contribution is -2.07. The number of carbonyl (C=O) groups is 1. The zero-order valence-electron chi connectivity index (χ0n) is 10.00. The van der Waals surface area contributed by atoms with Gasteiger partial charge in [-0.1, -0.05) is 0 Å². The molecule has 1 heterocycles. The molecule has 0 saturated carbocycles. The van der Waals surface area contributed by atoms with Gasteiger partial charge in [0.05, 0.1) is 17.4 Å². The summed E-state index contributed by atoms with van der Waals surface area (Å²) in [4.78, 5) is 10.8. The van der Waals surface area contributed by atoms with Crippen LogP contribution in [0.15, 0.2) is 18.3 Å². The number of hydrogen-bond acceptors (Lipinski definition) is 3. The first-order valence-corrected chi connectivity index (χ1v) is 5.44. The SMILES string of the molecule is Cc1[nH]ncc1CNc1cc(C(=O)O)c(F)cc1F. The van der Waals surface area contributed by atoms with Crippen LogP contribution in [0.1, 0.15) is 21.6 Å². The van der Waals surface area contributed by atoms with Crippen LogP contribution in [-0.4, -0.2) is 21.3 Å². The molecule has 0 amide bonds. The molecular formula is C12H11F2N3O2. The van der Waals surface area contributed by atoms with Gasteiger partial charge in [0.2, 0.25) is 0 Å². The van der Waals surface area contributed by atoms with Crippen LogP contribution in [0.25, 0.3) is 0 Å². The summed E-state index contributed by atoms with van der Waals surface area (Å²) in [5, 5.41) is 18.0. The number of benzene rings is 1. The van der Waals surface area contributed by atoms with Gasteiger partial charge in [0.15, 0.2) is 0 Å². The van der Waals surface area contributed by atoms with Crippen LogP contribution in [0.4, 0.5) is 14.5 Å². The topological polar surface area (TPSA) is 78.0 Å². The maximum Gasteiger partial charge on any atom is 0.338 e. The van der Waals surface area contributed by atoms with Crippen LogP contribution in [-0.2, 0) is 6.54 Å². The van der Waals surface area contributed by atoms with Crippen LogP contribution in [0.5, 0.6) is 0 Å². The summed E-state index contributed by atoms with van der Waals surface area (Å²) in [6.45, 7) is 2.05. The molecule has 1 aromatic carbocycles. The summed E-state index contributed by atoms with van der Waals surface area (Å²) in [5.74, 6) is -3.39. The smallest absolute Gasteiger partial charge is 0.338 e. The number of aromatic carboxylic acids is 1. The Morgan fingerprint density at radius 1 is 1.42 bits per heavy atom. The molecule has 3 N–H and O–H groups in total. The average Bonchev–Trinajstić information content (AvgIpc) is 2.73. The number of anilines is 1. The molecule has 0 unspecified atom stereocenters. The monoisotopic (exact) mass is 267 g/mol. The summed E-state index contributed by atoms with van der Waals surface area (Å²) in [5.41, 5.74) is 0.973. The van der Waals surface area contributed by atoms with Gasteiger partial charge in [-0.25, -0.2) is 13.6 Å². The number of aromatic amines is 1. The van der Waals surface area contributed by atoms with Crippen molar-refractivity contribution in [1.29, 1.82) is 0 Å². The van der Waals surface area contributed by atoms with Crippen LogP contribution in [0, 0.1) is 18.6 Å². The lowest BCUT2D eigenvalue weighted by atomic mass is 10.1. The fourth-order valence-electron chi connectivity index (χ4n) is 1.59. The second kappa shape index (κ2) is 5.05. The second-order valence-electron chi connectivity index (χ2n) is 3.99. The van der Waals surface area contributed by atoms with Crippen LogP contribution < -0.4 is 5.32 Å².